The molecular weight excluding hydrogens is 286 g/mol. The summed E-state index contributed by atoms with van der Waals surface area (Å²) >= 11 is 0. The lowest BCUT2D eigenvalue weighted by atomic mass is 10.1. The molecule has 2 aromatic carbocycles. The maximum Gasteiger partial charge on any atom is 0.193 e. The van der Waals surface area contributed by atoms with Gasteiger partial charge in [0.2, 0.25) is 0 Å². The Morgan fingerprint density at radius 3 is 2.78 bits per heavy atom. The molecule has 2 rings (SSSR count). The number of benzene rings is 2. The molecule has 0 fully saturated rings. The monoisotopic (exact) mass is 311 g/mol. The van der Waals surface area contributed by atoms with E-state index >= 15 is 0 Å². The molecule has 0 unspecified atom stereocenters. The molecule has 0 aliphatic rings. The molecule has 0 radical (unpaired) electrons. The summed E-state index contributed by atoms with van der Waals surface area (Å²) in [6, 6.07) is 14.4. The Balaban J connectivity index is 1.96. The van der Waals surface area contributed by atoms with Gasteiger partial charge in [0.15, 0.2) is 5.96 Å². The number of hydrogen-bond acceptors (Lipinski definition) is 2. The van der Waals surface area contributed by atoms with Crippen LogP contribution in [0.4, 0.5) is 5.69 Å². The lowest BCUT2D eigenvalue weighted by Gasteiger charge is -2.09. The minimum atomic E-state index is 0.435. The van der Waals surface area contributed by atoms with Crippen LogP contribution < -0.4 is 15.8 Å². The summed E-state index contributed by atoms with van der Waals surface area (Å²) in [5, 5.41) is 3.14. The van der Waals surface area contributed by atoms with E-state index in [1.807, 2.05) is 24.3 Å². The number of ether oxygens (including phenoxy) is 1. The molecule has 0 amide bonds. The van der Waals surface area contributed by atoms with Crippen molar-refractivity contribution in [2.75, 3.05) is 19.0 Å². The first-order valence-corrected chi connectivity index (χ1v) is 7.91. The predicted molar refractivity (Wildman–Crippen MR) is 97.4 cm³/mol. The molecule has 0 saturated heterocycles. The number of hydrogen-bond donors (Lipinski definition) is 2. The number of methoxy groups -OCH3 is 1. The number of guanidine groups is 1. The highest BCUT2D eigenvalue weighted by atomic mass is 16.5. The van der Waals surface area contributed by atoms with Gasteiger partial charge in [-0.1, -0.05) is 36.8 Å². The van der Waals surface area contributed by atoms with E-state index in [9.17, 15) is 0 Å². The van der Waals surface area contributed by atoms with Gasteiger partial charge in [0.05, 0.1) is 7.11 Å². The van der Waals surface area contributed by atoms with Crippen molar-refractivity contribution in [2.24, 2.45) is 10.7 Å². The van der Waals surface area contributed by atoms with Crippen LogP contribution in [-0.2, 0) is 12.8 Å². The minimum absolute atomic E-state index is 0.435. The number of anilines is 1. The molecule has 0 aliphatic carbocycles. The first kappa shape index (κ1) is 16.9. The van der Waals surface area contributed by atoms with Gasteiger partial charge in [-0.2, -0.15) is 0 Å². The molecule has 23 heavy (non-hydrogen) atoms. The Morgan fingerprint density at radius 2 is 2.04 bits per heavy atom. The third-order valence-corrected chi connectivity index (χ3v) is 3.71. The topological polar surface area (TPSA) is 59.6 Å². The summed E-state index contributed by atoms with van der Waals surface area (Å²) in [6.45, 7) is 4.82. The SMILES string of the molecule is CCc1cccc(NC(N)=NCCc2cc(C)ccc2OC)c1. The Kier molecular flexibility index (Phi) is 6.03. The first-order chi connectivity index (χ1) is 11.1. The molecule has 2 aromatic rings. The number of nitrogens with two attached hydrogens (primary N) is 1. The van der Waals surface area contributed by atoms with Crippen LogP contribution in [0, 0.1) is 6.92 Å². The van der Waals surface area contributed by atoms with E-state index < -0.39 is 0 Å². The molecule has 0 aromatic heterocycles. The van der Waals surface area contributed by atoms with Gasteiger partial charge in [-0.15, -0.1) is 0 Å². The van der Waals surface area contributed by atoms with Crippen molar-refractivity contribution in [1.29, 1.82) is 0 Å². The van der Waals surface area contributed by atoms with Gasteiger partial charge in [0.25, 0.3) is 0 Å². The molecule has 4 heteroatoms. The van der Waals surface area contributed by atoms with Gasteiger partial charge in [0, 0.05) is 12.2 Å². The van der Waals surface area contributed by atoms with Gasteiger partial charge in [-0.05, 0) is 49.1 Å². The zero-order valence-electron chi connectivity index (χ0n) is 14.1. The number of nitrogens with one attached hydrogen (secondary N) is 1. The van der Waals surface area contributed by atoms with Gasteiger partial charge >= 0.3 is 0 Å². The van der Waals surface area contributed by atoms with Crippen LogP contribution in [0.3, 0.4) is 0 Å². The number of rotatable bonds is 6. The van der Waals surface area contributed by atoms with E-state index in [1.165, 1.54) is 11.1 Å². The van der Waals surface area contributed by atoms with Crippen molar-refractivity contribution in [3.8, 4) is 5.75 Å². The van der Waals surface area contributed by atoms with Crippen molar-refractivity contribution in [3.63, 3.8) is 0 Å². The molecular formula is C19H25N3O. The molecule has 3 N–H and O–H groups in total. The van der Waals surface area contributed by atoms with Crippen molar-refractivity contribution in [1.82, 2.24) is 0 Å². The maximum atomic E-state index is 5.97. The van der Waals surface area contributed by atoms with Crippen LogP contribution in [0.1, 0.15) is 23.6 Å². The van der Waals surface area contributed by atoms with Crippen LogP contribution in [0.2, 0.25) is 0 Å². The number of nitrogens with zero attached hydrogens (tertiary/aromatic N) is 1. The smallest absolute Gasteiger partial charge is 0.193 e. The Labute approximate surface area is 138 Å². The largest absolute Gasteiger partial charge is 0.496 e. The summed E-state index contributed by atoms with van der Waals surface area (Å²) < 4.78 is 5.38. The lowest BCUT2D eigenvalue weighted by molar-refractivity contribution is 0.409. The van der Waals surface area contributed by atoms with E-state index in [4.69, 9.17) is 10.5 Å². The lowest BCUT2D eigenvalue weighted by Crippen LogP contribution is -2.23. The number of aryl methyl sites for hydroxylation is 2. The fourth-order valence-electron chi connectivity index (χ4n) is 2.46. The predicted octanol–water partition coefficient (Wildman–Crippen LogP) is 3.54. The van der Waals surface area contributed by atoms with E-state index in [1.54, 1.807) is 7.11 Å². The maximum absolute atomic E-state index is 5.97. The van der Waals surface area contributed by atoms with Gasteiger partial charge in [0.1, 0.15) is 5.75 Å². The van der Waals surface area contributed by atoms with E-state index in [-0.39, 0.29) is 0 Å². The second kappa shape index (κ2) is 8.22. The molecule has 0 aliphatic heterocycles. The zero-order chi connectivity index (χ0) is 16.7. The molecule has 0 saturated carbocycles. The highest BCUT2D eigenvalue weighted by Gasteiger charge is 2.03. The van der Waals surface area contributed by atoms with Gasteiger partial charge in [-0.3, -0.25) is 4.99 Å². The van der Waals surface area contributed by atoms with Crippen LogP contribution in [0.25, 0.3) is 0 Å². The third kappa shape index (κ3) is 5.02. The normalized spacial score (nSPS) is 11.3. The van der Waals surface area contributed by atoms with Crippen LogP contribution in [-0.4, -0.2) is 19.6 Å². The van der Waals surface area contributed by atoms with Crippen molar-refractivity contribution < 1.29 is 4.74 Å². The Bertz CT molecular complexity index is 680. The van der Waals surface area contributed by atoms with E-state index in [0.717, 1.165) is 29.8 Å². The molecule has 122 valence electrons. The Hall–Kier alpha value is -2.49. The summed E-state index contributed by atoms with van der Waals surface area (Å²) in [6.07, 6.45) is 1.79. The Morgan fingerprint density at radius 1 is 1.22 bits per heavy atom. The molecule has 4 nitrogen and oxygen atoms in total. The van der Waals surface area contributed by atoms with E-state index in [0.29, 0.717) is 12.5 Å². The van der Waals surface area contributed by atoms with Crippen molar-refractivity contribution in [3.05, 3.63) is 59.2 Å². The van der Waals surface area contributed by atoms with Crippen LogP contribution in [0.5, 0.6) is 5.75 Å². The van der Waals surface area contributed by atoms with Gasteiger partial charge in [-0.25, -0.2) is 0 Å². The van der Waals surface area contributed by atoms with E-state index in [2.05, 4.69) is 42.4 Å². The molecule has 0 atom stereocenters. The third-order valence-electron chi connectivity index (χ3n) is 3.71. The van der Waals surface area contributed by atoms with Crippen molar-refractivity contribution >= 4 is 11.6 Å². The quantitative estimate of drug-likeness (QED) is 0.634. The highest BCUT2D eigenvalue weighted by molar-refractivity contribution is 5.92. The highest BCUT2D eigenvalue weighted by Crippen LogP contribution is 2.20. The summed E-state index contributed by atoms with van der Waals surface area (Å²) in [5.74, 6) is 1.33. The average Bonchev–Trinajstić information content (AvgIpc) is 2.55. The summed E-state index contributed by atoms with van der Waals surface area (Å²) in [7, 11) is 1.69. The average molecular weight is 311 g/mol. The summed E-state index contributed by atoms with van der Waals surface area (Å²) in [4.78, 5) is 4.40. The fraction of sp³-hybridized carbons (Fsp3) is 0.316. The minimum Gasteiger partial charge on any atom is -0.496 e. The molecule has 0 bridgehead atoms. The van der Waals surface area contributed by atoms with Gasteiger partial charge < -0.3 is 15.8 Å². The number of aliphatic imine (C=N–C) groups is 1. The molecule has 0 heterocycles. The second-order valence-corrected chi connectivity index (χ2v) is 5.51. The summed E-state index contributed by atoms with van der Waals surface area (Å²) in [5.41, 5.74) is 10.6. The first-order valence-electron chi connectivity index (χ1n) is 7.91. The second-order valence-electron chi connectivity index (χ2n) is 5.51. The molecule has 0 spiro atoms. The standard InChI is InChI=1S/C19H25N3O/c1-4-15-6-5-7-17(13-15)22-19(20)21-11-10-16-12-14(2)8-9-18(16)23-3/h5-9,12-13H,4,10-11H2,1-3H3,(H3,20,21,22). The van der Waals surface area contributed by atoms with Crippen LogP contribution >= 0.6 is 0 Å². The van der Waals surface area contributed by atoms with Crippen molar-refractivity contribution in [2.45, 2.75) is 26.7 Å². The van der Waals surface area contributed by atoms with Crippen LogP contribution in [0.15, 0.2) is 47.5 Å². The fourth-order valence-corrected chi connectivity index (χ4v) is 2.46. The zero-order valence-corrected chi connectivity index (χ0v) is 14.1.